The predicted molar refractivity (Wildman–Crippen MR) is 87.8 cm³/mol. The third-order valence-corrected chi connectivity index (χ3v) is 3.89. The highest BCUT2D eigenvalue weighted by Crippen LogP contribution is 2.32. The first kappa shape index (κ1) is 18.2. The number of rotatable bonds is 3. The summed E-state index contributed by atoms with van der Waals surface area (Å²) in [5, 5.41) is 0. The Labute approximate surface area is 146 Å². The third kappa shape index (κ3) is 3.66. The van der Waals surface area contributed by atoms with Crippen LogP contribution in [0.2, 0.25) is 0 Å². The topological polar surface area (TPSA) is 131 Å². The monoisotopic (exact) mass is 380 g/mol. The molecule has 3 rings (SSSR count). The number of H-pyrrole nitrogens is 4. The Morgan fingerprint density at radius 1 is 0.741 bits per heavy atom. The molecule has 2 heterocycles. The quantitative estimate of drug-likeness (QED) is 0.531. The number of aromatic nitrogens is 4. The second kappa shape index (κ2) is 6.59. The summed E-state index contributed by atoms with van der Waals surface area (Å²) in [6.45, 7) is 0. The molecule has 0 fully saturated rings. The van der Waals surface area contributed by atoms with Gasteiger partial charge in [-0.3, -0.25) is 19.6 Å². The molecule has 8 nitrogen and oxygen atoms in total. The van der Waals surface area contributed by atoms with Gasteiger partial charge in [-0.05, 0) is 17.7 Å². The van der Waals surface area contributed by atoms with Gasteiger partial charge in [0, 0.05) is 29.4 Å². The molecule has 4 N–H and O–H groups in total. The molecule has 0 bridgehead atoms. The highest BCUT2D eigenvalue weighted by Gasteiger charge is 2.31. The molecule has 140 valence electrons. The smallest absolute Gasteiger partial charge is 0.314 e. The first-order valence-corrected chi connectivity index (χ1v) is 7.48. The summed E-state index contributed by atoms with van der Waals surface area (Å²) in [6.07, 6.45) is -2.43. The van der Waals surface area contributed by atoms with E-state index in [4.69, 9.17) is 0 Å². The summed E-state index contributed by atoms with van der Waals surface area (Å²) in [5.41, 5.74) is -4.13. The van der Waals surface area contributed by atoms with Gasteiger partial charge in [-0.2, -0.15) is 13.2 Å². The molecule has 0 aliphatic carbocycles. The summed E-state index contributed by atoms with van der Waals surface area (Å²) >= 11 is 0. The van der Waals surface area contributed by atoms with Gasteiger partial charge in [0.25, 0.3) is 11.1 Å². The van der Waals surface area contributed by atoms with Crippen LogP contribution in [0.1, 0.15) is 28.2 Å². The SMILES string of the molecule is O=c1[nH]cc(C(c2ccc(C(F)(F)F)cc2)c2c[nH]c(=O)[nH]c2=O)c(=O)[nH]1. The molecule has 1 aromatic carbocycles. The Morgan fingerprint density at radius 2 is 1.19 bits per heavy atom. The molecular weight excluding hydrogens is 369 g/mol. The highest BCUT2D eigenvalue weighted by atomic mass is 19.4. The minimum Gasteiger partial charge on any atom is -0.314 e. The minimum absolute atomic E-state index is 0.0908. The second-order valence-electron chi connectivity index (χ2n) is 5.61. The Balaban J connectivity index is 2.24. The van der Waals surface area contributed by atoms with Gasteiger partial charge in [0.1, 0.15) is 0 Å². The maximum Gasteiger partial charge on any atom is 0.416 e. The lowest BCUT2D eigenvalue weighted by Crippen LogP contribution is -2.31. The lowest BCUT2D eigenvalue weighted by atomic mass is 9.87. The molecule has 3 aromatic rings. The Hall–Kier alpha value is -3.63. The standard InChI is InChI=1S/C16H11F3N4O4/c17-16(18,19)8-3-1-7(2-4-8)11(9-5-20-14(26)22-12(9)24)10-6-21-15(27)23-13(10)25/h1-6,11H,(H2,20,22,24,26)(H2,21,23,25,27). The molecule has 0 spiro atoms. The Kier molecular flexibility index (Phi) is 4.44. The zero-order valence-corrected chi connectivity index (χ0v) is 13.3. The molecule has 0 unspecified atom stereocenters. The average Bonchev–Trinajstić information content (AvgIpc) is 2.58. The maximum absolute atomic E-state index is 12.8. The Bertz CT molecular complexity index is 1130. The summed E-state index contributed by atoms with van der Waals surface area (Å²) in [4.78, 5) is 55.4. The molecule has 0 aliphatic rings. The van der Waals surface area contributed by atoms with E-state index >= 15 is 0 Å². The van der Waals surface area contributed by atoms with Crippen LogP contribution in [0.25, 0.3) is 0 Å². The Morgan fingerprint density at radius 3 is 1.56 bits per heavy atom. The molecule has 0 aliphatic heterocycles. The summed E-state index contributed by atoms with van der Waals surface area (Å²) in [6, 6.07) is 3.84. The fraction of sp³-hybridized carbons (Fsp3) is 0.125. The molecule has 0 saturated carbocycles. The van der Waals surface area contributed by atoms with Gasteiger partial charge in [-0.1, -0.05) is 12.1 Å². The van der Waals surface area contributed by atoms with Crippen molar-refractivity contribution < 1.29 is 13.2 Å². The highest BCUT2D eigenvalue weighted by molar-refractivity contribution is 5.41. The van der Waals surface area contributed by atoms with Crippen molar-refractivity contribution in [2.75, 3.05) is 0 Å². The van der Waals surface area contributed by atoms with Crippen molar-refractivity contribution in [2.24, 2.45) is 0 Å². The van der Waals surface area contributed by atoms with Crippen LogP contribution in [0.3, 0.4) is 0 Å². The van der Waals surface area contributed by atoms with Gasteiger partial charge < -0.3 is 9.97 Å². The first-order valence-electron chi connectivity index (χ1n) is 7.48. The van der Waals surface area contributed by atoms with E-state index in [0.29, 0.717) is 0 Å². The van der Waals surface area contributed by atoms with Gasteiger partial charge in [0.05, 0.1) is 5.56 Å². The molecule has 0 amide bonds. The number of hydrogen-bond acceptors (Lipinski definition) is 4. The molecule has 2 aromatic heterocycles. The van der Waals surface area contributed by atoms with Crippen molar-refractivity contribution in [3.8, 4) is 0 Å². The predicted octanol–water partition coefficient (Wildman–Crippen LogP) is 0.639. The maximum atomic E-state index is 12.8. The van der Waals surface area contributed by atoms with Crippen LogP contribution in [0.15, 0.2) is 55.8 Å². The van der Waals surface area contributed by atoms with Crippen LogP contribution < -0.4 is 22.5 Å². The van der Waals surface area contributed by atoms with E-state index in [9.17, 15) is 32.3 Å². The molecule has 11 heteroatoms. The minimum atomic E-state index is -4.56. The van der Waals surface area contributed by atoms with E-state index < -0.39 is 40.2 Å². The second-order valence-corrected chi connectivity index (χ2v) is 5.61. The van der Waals surface area contributed by atoms with Crippen molar-refractivity contribution in [3.05, 3.63) is 101 Å². The largest absolute Gasteiger partial charge is 0.416 e. The van der Waals surface area contributed by atoms with Crippen molar-refractivity contribution in [2.45, 2.75) is 12.1 Å². The number of aromatic amines is 4. The number of nitrogens with one attached hydrogen (secondary N) is 4. The van der Waals surface area contributed by atoms with Crippen molar-refractivity contribution in [3.63, 3.8) is 0 Å². The van der Waals surface area contributed by atoms with E-state index in [1.54, 1.807) is 0 Å². The van der Waals surface area contributed by atoms with E-state index in [1.165, 1.54) is 0 Å². The average molecular weight is 380 g/mol. The van der Waals surface area contributed by atoms with Gasteiger partial charge in [-0.15, -0.1) is 0 Å². The van der Waals surface area contributed by atoms with Crippen LogP contribution in [0.5, 0.6) is 0 Å². The van der Waals surface area contributed by atoms with E-state index in [1.807, 2.05) is 9.97 Å². The molecule has 0 radical (unpaired) electrons. The number of benzene rings is 1. The fourth-order valence-corrected chi connectivity index (χ4v) is 2.66. The molecule has 0 atom stereocenters. The number of hydrogen-bond donors (Lipinski definition) is 4. The summed E-state index contributed by atoms with van der Waals surface area (Å²) in [7, 11) is 0. The number of alkyl halides is 3. The van der Waals surface area contributed by atoms with Gasteiger partial charge in [0.2, 0.25) is 0 Å². The number of halogens is 3. The zero-order valence-electron chi connectivity index (χ0n) is 13.3. The van der Waals surface area contributed by atoms with Crippen LogP contribution in [-0.2, 0) is 6.18 Å². The van der Waals surface area contributed by atoms with E-state index in [2.05, 4.69) is 9.97 Å². The van der Waals surface area contributed by atoms with E-state index in [-0.39, 0.29) is 16.7 Å². The van der Waals surface area contributed by atoms with Crippen molar-refractivity contribution in [1.82, 2.24) is 19.9 Å². The van der Waals surface area contributed by atoms with E-state index in [0.717, 1.165) is 36.7 Å². The lowest BCUT2D eigenvalue weighted by molar-refractivity contribution is -0.137. The normalized spacial score (nSPS) is 11.7. The summed E-state index contributed by atoms with van der Waals surface area (Å²) in [5.74, 6) is -1.13. The lowest BCUT2D eigenvalue weighted by Gasteiger charge is -2.17. The van der Waals surface area contributed by atoms with Gasteiger partial charge in [0.15, 0.2) is 0 Å². The van der Waals surface area contributed by atoms with Crippen LogP contribution in [0.4, 0.5) is 13.2 Å². The first-order chi connectivity index (χ1) is 12.7. The molecule has 27 heavy (non-hydrogen) atoms. The molecular formula is C16H11F3N4O4. The van der Waals surface area contributed by atoms with Crippen molar-refractivity contribution >= 4 is 0 Å². The fourth-order valence-electron chi connectivity index (χ4n) is 2.66. The van der Waals surface area contributed by atoms with Gasteiger partial charge in [-0.25, -0.2) is 9.59 Å². The van der Waals surface area contributed by atoms with Gasteiger partial charge >= 0.3 is 17.6 Å². The third-order valence-electron chi connectivity index (χ3n) is 3.89. The van der Waals surface area contributed by atoms with Crippen LogP contribution in [-0.4, -0.2) is 19.9 Å². The summed E-state index contributed by atoms with van der Waals surface area (Å²) < 4.78 is 38.4. The van der Waals surface area contributed by atoms with Crippen LogP contribution in [0, 0.1) is 0 Å². The molecule has 0 saturated heterocycles. The zero-order chi connectivity index (χ0) is 19.8. The van der Waals surface area contributed by atoms with Crippen molar-refractivity contribution in [1.29, 1.82) is 0 Å². The van der Waals surface area contributed by atoms with Crippen LogP contribution >= 0.6 is 0 Å².